The number of ether oxygens (including phenoxy) is 1. The van der Waals surface area contributed by atoms with Crippen LogP contribution in [0.3, 0.4) is 0 Å². The molecule has 1 aromatic carbocycles. The van der Waals surface area contributed by atoms with Gasteiger partial charge in [-0.3, -0.25) is 9.67 Å². The first-order chi connectivity index (χ1) is 13.7. The van der Waals surface area contributed by atoms with Crippen LogP contribution in [-0.2, 0) is 16.9 Å². The van der Waals surface area contributed by atoms with Gasteiger partial charge in [0.25, 0.3) is 6.43 Å². The summed E-state index contributed by atoms with van der Waals surface area (Å²) in [5, 5.41) is 7.49. The lowest BCUT2D eigenvalue weighted by Gasteiger charge is -2.09. The van der Waals surface area contributed by atoms with Crippen molar-refractivity contribution in [2.45, 2.75) is 11.3 Å². The van der Waals surface area contributed by atoms with Gasteiger partial charge >= 0.3 is 0 Å². The van der Waals surface area contributed by atoms with Crippen LogP contribution in [0.4, 0.5) is 8.78 Å². The normalized spacial score (nSPS) is 11.7. The number of sulfone groups is 1. The van der Waals surface area contributed by atoms with E-state index < -0.39 is 22.9 Å². The molecule has 0 bridgehead atoms. The number of hydrogen-bond donors (Lipinski definition) is 1. The van der Waals surface area contributed by atoms with Crippen molar-refractivity contribution in [2.24, 2.45) is 7.05 Å². The van der Waals surface area contributed by atoms with Crippen molar-refractivity contribution in [3.63, 3.8) is 0 Å². The van der Waals surface area contributed by atoms with Gasteiger partial charge in [0.2, 0.25) is 0 Å². The van der Waals surface area contributed by atoms with Crippen molar-refractivity contribution in [1.82, 2.24) is 25.0 Å². The van der Waals surface area contributed by atoms with E-state index >= 15 is 0 Å². The van der Waals surface area contributed by atoms with Crippen LogP contribution in [0.15, 0.2) is 46.2 Å². The fraction of sp³-hybridized carbons (Fsp3) is 0.235. The Hall–Kier alpha value is -2.60. The maximum absolute atomic E-state index is 12.4. The number of benzene rings is 1. The molecule has 12 heteroatoms. The molecule has 0 saturated heterocycles. The molecule has 154 valence electrons. The Morgan fingerprint density at radius 2 is 2.10 bits per heavy atom. The average Bonchev–Trinajstić information content (AvgIpc) is 3.25. The van der Waals surface area contributed by atoms with Crippen LogP contribution >= 0.6 is 15.9 Å². The number of alkyl halides is 2. The molecule has 0 atom stereocenters. The van der Waals surface area contributed by atoms with Gasteiger partial charge in [-0.05, 0) is 34.1 Å². The molecule has 4 aromatic rings. The third kappa shape index (κ3) is 4.88. The smallest absolute Gasteiger partial charge is 0.272 e. The van der Waals surface area contributed by atoms with Crippen molar-refractivity contribution in [3.8, 4) is 5.75 Å². The number of nitrogens with one attached hydrogen (secondary N) is 1. The highest BCUT2D eigenvalue weighted by Crippen LogP contribution is 2.36. The van der Waals surface area contributed by atoms with Crippen molar-refractivity contribution in [2.75, 3.05) is 12.9 Å². The second-order valence-electron chi connectivity index (χ2n) is 6.04. The first kappa shape index (κ1) is 21.1. The maximum Gasteiger partial charge on any atom is 0.272 e. The number of nitrogens with zero attached hydrogens (tertiary/aromatic N) is 4. The lowest BCUT2D eigenvalue weighted by molar-refractivity contribution is 0.0827. The van der Waals surface area contributed by atoms with Crippen LogP contribution in [0.25, 0.3) is 21.9 Å². The molecule has 1 N–H and O–H groups in total. The number of fused-ring (bicyclic) bond motifs is 3. The average molecular weight is 488 g/mol. The molecule has 0 fully saturated rings. The summed E-state index contributed by atoms with van der Waals surface area (Å²) in [6.07, 6.45) is 3.41. The lowest BCUT2D eigenvalue weighted by Crippen LogP contribution is -2.07. The Morgan fingerprint density at radius 1 is 1.34 bits per heavy atom. The van der Waals surface area contributed by atoms with Crippen molar-refractivity contribution in [1.29, 1.82) is 0 Å². The van der Waals surface area contributed by atoms with Crippen molar-refractivity contribution in [3.05, 3.63) is 41.3 Å². The van der Waals surface area contributed by atoms with Crippen molar-refractivity contribution < 1.29 is 21.9 Å². The Bertz CT molecular complexity index is 1240. The van der Waals surface area contributed by atoms with E-state index in [2.05, 4.69) is 36.2 Å². The zero-order chi connectivity index (χ0) is 21.2. The summed E-state index contributed by atoms with van der Waals surface area (Å²) >= 11 is 3.28. The SMILES string of the molecule is CS(=O)(=O)c1ccc(OCC(F)F)c2c1[nH]c1cc(Br)cnc12.Cn1ccnn1. The molecule has 3 heterocycles. The standard InChI is InChI=1S/C14H11BrF2N2O3S.C3H5N3/c1-23(20,21)10-3-2-9(22-6-11(16)17)12-13-8(19-14(10)12)4-7(15)5-18-13;1-6-3-2-4-5-6/h2-5,11,19H,6H2,1H3;2-3H,1H3. The second-order valence-corrected chi connectivity index (χ2v) is 8.94. The summed E-state index contributed by atoms with van der Waals surface area (Å²) in [5.41, 5.74) is 1.32. The summed E-state index contributed by atoms with van der Waals surface area (Å²) in [5.74, 6) is 0.161. The molecule has 8 nitrogen and oxygen atoms in total. The fourth-order valence-electron chi connectivity index (χ4n) is 2.64. The Labute approximate surface area is 172 Å². The highest BCUT2D eigenvalue weighted by molar-refractivity contribution is 9.10. The van der Waals surface area contributed by atoms with E-state index in [0.29, 0.717) is 26.4 Å². The van der Waals surface area contributed by atoms with Gasteiger partial charge in [-0.15, -0.1) is 5.10 Å². The minimum Gasteiger partial charge on any atom is -0.487 e. The number of aryl methyl sites for hydroxylation is 1. The minimum absolute atomic E-state index is 0.0611. The molecule has 0 radical (unpaired) electrons. The lowest BCUT2D eigenvalue weighted by atomic mass is 10.2. The molecule has 4 rings (SSSR count). The molecule has 0 unspecified atom stereocenters. The Morgan fingerprint density at radius 3 is 2.66 bits per heavy atom. The summed E-state index contributed by atoms with van der Waals surface area (Å²) in [4.78, 5) is 7.28. The van der Waals surface area contributed by atoms with Gasteiger partial charge in [-0.25, -0.2) is 17.2 Å². The molecule has 0 aliphatic rings. The first-order valence-corrected chi connectivity index (χ1v) is 10.9. The highest BCUT2D eigenvalue weighted by atomic mass is 79.9. The van der Waals surface area contributed by atoms with E-state index in [1.54, 1.807) is 29.3 Å². The third-order valence-corrected chi connectivity index (χ3v) is 5.36. The van der Waals surface area contributed by atoms with Crippen LogP contribution in [0.2, 0.25) is 0 Å². The molecule has 0 spiro atoms. The second kappa shape index (κ2) is 8.41. The third-order valence-electron chi connectivity index (χ3n) is 3.79. The Kier molecular flexibility index (Phi) is 6.13. The molecule has 0 amide bonds. The van der Waals surface area contributed by atoms with Crippen LogP contribution in [0, 0.1) is 0 Å². The summed E-state index contributed by atoms with van der Waals surface area (Å²) < 4.78 is 56.2. The fourth-order valence-corrected chi connectivity index (χ4v) is 3.81. The highest BCUT2D eigenvalue weighted by Gasteiger charge is 2.20. The predicted molar refractivity (Wildman–Crippen MR) is 107 cm³/mol. The van der Waals surface area contributed by atoms with Gasteiger partial charge < -0.3 is 9.72 Å². The summed E-state index contributed by atoms with van der Waals surface area (Å²) in [6, 6.07) is 4.44. The van der Waals surface area contributed by atoms with Gasteiger partial charge in [0.15, 0.2) is 9.84 Å². The van der Waals surface area contributed by atoms with E-state index in [-0.39, 0.29) is 10.6 Å². The monoisotopic (exact) mass is 487 g/mol. The van der Waals surface area contributed by atoms with Crippen LogP contribution in [0.5, 0.6) is 5.75 Å². The maximum atomic E-state index is 12.4. The number of rotatable bonds is 4. The van der Waals surface area contributed by atoms with Gasteiger partial charge in [0, 0.05) is 30.2 Å². The molecular formula is C17H16BrF2N5O3S. The van der Waals surface area contributed by atoms with Crippen molar-refractivity contribution >= 4 is 47.7 Å². The zero-order valence-corrected chi connectivity index (χ0v) is 17.7. The number of aromatic amines is 1. The van der Waals surface area contributed by atoms with Crippen LogP contribution in [0.1, 0.15) is 0 Å². The predicted octanol–water partition coefficient (Wildman–Crippen LogP) is 3.34. The van der Waals surface area contributed by atoms with E-state index in [1.165, 1.54) is 12.1 Å². The van der Waals surface area contributed by atoms with E-state index in [1.807, 2.05) is 7.05 Å². The molecule has 0 saturated carbocycles. The number of pyridine rings is 1. The van der Waals surface area contributed by atoms with Gasteiger partial charge in [-0.1, -0.05) is 5.21 Å². The number of H-pyrrole nitrogens is 1. The topological polar surface area (TPSA) is 103 Å². The van der Waals surface area contributed by atoms with E-state index in [0.717, 1.165) is 6.26 Å². The molecule has 29 heavy (non-hydrogen) atoms. The molecule has 0 aliphatic carbocycles. The number of aromatic nitrogens is 5. The summed E-state index contributed by atoms with van der Waals surface area (Å²) in [7, 11) is -1.68. The van der Waals surface area contributed by atoms with Gasteiger partial charge in [0.1, 0.15) is 12.4 Å². The Balaban J connectivity index is 0.000000343. The van der Waals surface area contributed by atoms with E-state index in [9.17, 15) is 17.2 Å². The zero-order valence-electron chi connectivity index (χ0n) is 15.3. The summed E-state index contributed by atoms with van der Waals surface area (Å²) in [6.45, 7) is -0.781. The molecule has 3 aromatic heterocycles. The number of halogens is 3. The van der Waals surface area contributed by atoms with E-state index in [4.69, 9.17) is 4.74 Å². The van der Waals surface area contributed by atoms with Crippen LogP contribution < -0.4 is 4.74 Å². The minimum atomic E-state index is -3.51. The van der Waals surface area contributed by atoms with Gasteiger partial charge in [-0.2, -0.15) is 0 Å². The van der Waals surface area contributed by atoms with Crippen LogP contribution in [-0.4, -0.2) is 52.7 Å². The number of hydrogen-bond acceptors (Lipinski definition) is 6. The molecular weight excluding hydrogens is 472 g/mol. The van der Waals surface area contributed by atoms with Gasteiger partial charge in [0.05, 0.1) is 33.0 Å². The largest absolute Gasteiger partial charge is 0.487 e. The first-order valence-electron chi connectivity index (χ1n) is 8.18. The molecule has 0 aliphatic heterocycles. The quantitative estimate of drug-likeness (QED) is 0.473.